The molecule has 0 amide bonds. The van der Waals surface area contributed by atoms with Crippen LogP contribution >= 0.6 is 0 Å². The molecule has 1 aliphatic rings. The van der Waals surface area contributed by atoms with E-state index in [2.05, 4.69) is 42.3 Å². The summed E-state index contributed by atoms with van der Waals surface area (Å²) in [5.41, 5.74) is 3.22. The molecular weight excluding hydrogens is 377 g/mol. The van der Waals surface area contributed by atoms with Gasteiger partial charge in [-0.05, 0) is 82.1 Å². The Morgan fingerprint density at radius 2 is 1.87 bits per heavy atom. The van der Waals surface area contributed by atoms with Gasteiger partial charge in [0, 0.05) is 23.3 Å². The van der Waals surface area contributed by atoms with E-state index in [9.17, 15) is 9.18 Å². The number of carbonyl (C=O) groups is 1. The minimum atomic E-state index is -0.178. The Labute approximate surface area is 178 Å². The van der Waals surface area contributed by atoms with E-state index in [0.717, 1.165) is 35.1 Å². The van der Waals surface area contributed by atoms with Crippen LogP contribution in [0.15, 0.2) is 54.7 Å². The van der Waals surface area contributed by atoms with Gasteiger partial charge in [-0.25, -0.2) is 4.39 Å². The third kappa shape index (κ3) is 5.48. The molecule has 1 aliphatic heterocycles. The summed E-state index contributed by atoms with van der Waals surface area (Å²) >= 11 is 0. The van der Waals surface area contributed by atoms with E-state index in [1.54, 1.807) is 22.8 Å². The summed E-state index contributed by atoms with van der Waals surface area (Å²) < 4.78 is 13.6. The molecule has 1 saturated heterocycles. The fourth-order valence-corrected chi connectivity index (χ4v) is 4.17. The number of anilines is 1. The van der Waals surface area contributed by atoms with Crippen LogP contribution in [-0.4, -0.2) is 41.6 Å². The fraction of sp³-hybridized carbons (Fsp3) is 0.400. The second-order valence-corrected chi connectivity index (χ2v) is 8.06. The highest BCUT2D eigenvalue weighted by atomic mass is 19.1. The van der Waals surface area contributed by atoms with Crippen molar-refractivity contribution in [3.8, 4) is 0 Å². The van der Waals surface area contributed by atoms with Gasteiger partial charge in [0.1, 0.15) is 5.82 Å². The van der Waals surface area contributed by atoms with E-state index >= 15 is 0 Å². The number of fused-ring (bicyclic) bond motifs is 1. The minimum Gasteiger partial charge on any atom is -0.382 e. The molecule has 1 aromatic heterocycles. The van der Waals surface area contributed by atoms with Crippen molar-refractivity contribution in [2.24, 2.45) is 5.92 Å². The highest BCUT2D eigenvalue weighted by Crippen LogP contribution is 2.27. The van der Waals surface area contributed by atoms with Gasteiger partial charge in [-0.15, -0.1) is 0 Å². The van der Waals surface area contributed by atoms with Crippen LogP contribution in [0.25, 0.3) is 10.9 Å². The Kier molecular flexibility index (Phi) is 7.63. The van der Waals surface area contributed by atoms with Gasteiger partial charge in [-0.1, -0.05) is 31.2 Å². The Morgan fingerprint density at radius 3 is 2.43 bits per heavy atom. The normalized spacial score (nSPS) is 16.0. The minimum absolute atomic E-state index is 0.178. The van der Waals surface area contributed by atoms with E-state index in [4.69, 9.17) is 0 Å². The maximum absolute atomic E-state index is 11.9. The average molecular weight is 410 g/mol. The fourth-order valence-electron chi connectivity index (χ4n) is 4.17. The molecule has 1 atom stereocenters. The number of rotatable bonds is 5. The van der Waals surface area contributed by atoms with Crippen LogP contribution in [0.2, 0.25) is 0 Å². The Hall–Kier alpha value is -2.66. The number of aryl methyl sites for hydroxylation is 1. The predicted molar refractivity (Wildman–Crippen MR) is 123 cm³/mol. The highest BCUT2D eigenvalue weighted by molar-refractivity contribution is 5.90. The van der Waals surface area contributed by atoms with Crippen LogP contribution in [0.5, 0.6) is 0 Å². The van der Waals surface area contributed by atoms with Crippen LogP contribution in [-0.2, 0) is 4.79 Å². The van der Waals surface area contributed by atoms with Crippen molar-refractivity contribution in [1.29, 1.82) is 0 Å². The van der Waals surface area contributed by atoms with Gasteiger partial charge in [0.25, 0.3) is 0 Å². The first-order chi connectivity index (χ1) is 14.5. The average Bonchev–Trinajstić information content (AvgIpc) is 3.10. The van der Waals surface area contributed by atoms with Crippen molar-refractivity contribution in [2.45, 2.75) is 39.7 Å². The van der Waals surface area contributed by atoms with E-state index in [1.807, 2.05) is 13.1 Å². The molecular formula is C25H32FN3O. The first-order valence-electron chi connectivity index (χ1n) is 10.8. The largest absolute Gasteiger partial charge is 0.382 e. The number of aromatic nitrogens is 1. The number of hydrogen-bond acceptors (Lipinski definition) is 3. The van der Waals surface area contributed by atoms with Gasteiger partial charge in [-0.3, -0.25) is 9.36 Å². The summed E-state index contributed by atoms with van der Waals surface area (Å²) in [6.45, 7) is 10.1. The molecule has 30 heavy (non-hydrogen) atoms. The molecule has 4 rings (SSSR count). The van der Waals surface area contributed by atoms with Gasteiger partial charge in [0.05, 0.1) is 5.52 Å². The number of likely N-dealkylation sites (tertiary alicyclic amines) is 1. The summed E-state index contributed by atoms with van der Waals surface area (Å²) in [7, 11) is 0. The molecule has 0 radical (unpaired) electrons. The molecule has 1 unspecified atom stereocenters. The van der Waals surface area contributed by atoms with E-state index in [-0.39, 0.29) is 5.82 Å². The lowest BCUT2D eigenvalue weighted by molar-refractivity contribution is 0.183. The van der Waals surface area contributed by atoms with Crippen molar-refractivity contribution >= 4 is 23.0 Å². The molecule has 3 aromatic rings. The summed E-state index contributed by atoms with van der Waals surface area (Å²) in [4.78, 5) is 13.7. The van der Waals surface area contributed by atoms with Gasteiger partial charge < -0.3 is 10.2 Å². The van der Waals surface area contributed by atoms with Crippen LogP contribution in [0, 0.1) is 18.7 Å². The number of piperidine rings is 1. The lowest BCUT2D eigenvalue weighted by Gasteiger charge is -2.34. The van der Waals surface area contributed by atoms with Gasteiger partial charge in [0.2, 0.25) is 6.41 Å². The predicted octanol–water partition coefficient (Wildman–Crippen LogP) is 5.35. The molecule has 0 saturated carbocycles. The lowest BCUT2D eigenvalue weighted by atomic mass is 9.90. The maximum atomic E-state index is 11.9. The molecule has 4 nitrogen and oxygen atoms in total. The number of nitrogens with one attached hydrogen (secondary N) is 1. The van der Waals surface area contributed by atoms with Gasteiger partial charge in [0.15, 0.2) is 0 Å². The monoisotopic (exact) mass is 409 g/mol. The quantitative estimate of drug-likeness (QED) is 0.578. The summed E-state index contributed by atoms with van der Waals surface area (Å²) in [5, 5.41) is 4.79. The topological polar surface area (TPSA) is 37.3 Å². The zero-order valence-corrected chi connectivity index (χ0v) is 18.1. The van der Waals surface area contributed by atoms with Crippen LogP contribution in [0.4, 0.5) is 10.1 Å². The van der Waals surface area contributed by atoms with Crippen LogP contribution in [0.1, 0.15) is 32.3 Å². The molecule has 2 aromatic carbocycles. The number of benzene rings is 2. The summed E-state index contributed by atoms with van der Waals surface area (Å²) in [6, 6.07) is 14.7. The molecule has 0 spiro atoms. The smallest absolute Gasteiger partial charge is 0.218 e. The number of halogens is 1. The van der Waals surface area contributed by atoms with E-state index < -0.39 is 0 Å². The second kappa shape index (κ2) is 10.4. The Balaban J connectivity index is 0.000000310. The van der Waals surface area contributed by atoms with Crippen LogP contribution < -0.4 is 5.32 Å². The van der Waals surface area contributed by atoms with Gasteiger partial charge >= 0.3 is 0 Å². The number of carbonyl (C=O) groups excluding carboxylic acids is 1. The number of nitrogens with zero attached hydrogens (tertiary/aromatic N) is 2. The molecule has 0 aliphatic carbocycles. The lowest BCUT2D eigenvalue weighted by Crippen LogP contribution is -2.39. The zero-order chi connectivity index (χ0) is 21.5. The Morgan fingerprint density at radius 1 is 1.17 bits per heavy atom. The number of hydrogen-bond donors (Lipinski definition) is 1. The van der Waals surface area contributed by atoms with Crippen molar-refractivity contribution < 1.29 is 9.18 Å². The SMILES string of the molecule is CCN1CCC(C(C)Nc2ccc3c(C)cn(C=O)c3c2)CC1.Fc1ccccc1. The first kappa shape index (κ1) is 22.0. The van der Waals surface area contributed by atoms with Crippen molar-refractivity contribution in [2.75, 3.05) is 25.0 Å². The molecule has 1 fully saturated rings. The van der Waals surface area contributed by atoms with Gasteiger partial charge in [-0.2, -0.15) is 0 Å². The molecule has 2 heterocycles. The summed E-state index contributed by atoms with van der Waals surface area (Å²) in [5.74, 6) is 0.538. The molecule has 0 bridgehead atoms. The maximum Gasteiger partial charge on any atom is 0.218 e. The van der Waals surface area contributed by atoms with E-state index in [0.29, 0.717) is 12.0 Å². The first-order valence-corrected chi connectivity index (χ1v) is 10.8. The highest BCUT2D eigenvalue weighted by Gasteiger charge is 2.23. The Bertz CT molecular complexity index is 946. The van der Waals surface area contributed by atoms with Crippen molar-refractivity contribution in [1.82, 2.24) is 9.47 Å². The molecule has 5 heteroatoms. The molecule has 1 N–H and O–H groups in total. The zero-order valence-electron chi connectivity index (χ0n) is 18.1. The molecule has 160 valence electrons. The van der Waals surface area contributed by atoms with Crippen molar-refractivity contribution in [3.63, 3.8) is 0 Å². The van der Waals surface area contributed by atoms with Crippen molar-refractivity contribution in [3.05, 3.63) is 66.1 Å². The van der Waals surface area contributed by atoms with Crippen LogP contribution in [0.3, 0.4) is 0 Å². The second-order valence-electron chi connectivity index (χ2n) is 8.06. The summed E-state index contributed by atoms with van der Waals surface area (Å²) in [6.07, 6.45) is 5.29. The third-order valence-electron chi connectivity index (χ3n) is 6.06. The third-order valence-corrected chi connectivity index (χ3v) is 6.06. The van der Waals surface area contributed by atoms with E-state index in [1.165, 1.54) is 38.1 Å². The standard InChI is InChI=1S/C19H27N3O.C6H5F/c1-4-21-9-7-16(8-10-21)15(3)20-17-5-6-18-14(2)12-22(13-23)19(18)11-17;7-6-4-2-1-3-5-6/h5-6,11-13,15-16,20H,4,7-10H2,1-3H3;1-5H.